The first-order valence-electron chi connectivity index (χ1n) is 5.35. The molecule has 0 radical (unpaired) electrons. The zero-order valence-electron chi connectivity index (χ0n) is 9.96. The van der Waals surface area contributed by atoms with Crippen molar-refractivity contribution in [2.24, 2.45) is 5.92 Å². The van der Waals surface area contributed by atoms with Gasteiger partial charge in [0.05, 0.1) is 0 Å². The lowest BCUT2D eigenvalue weighted by atomic mass is 9.97. The molecule has 1 atom stereocenters. The van der Waals surface area contributed by atoms with E-state index in [4.69, 9.17) is 0 Å². The van der Waals surface area contributed by atoms with E-state index in [-0.39, 0.29) is 0 Å². The van der Waals surface area contributed by atoms with Crippen LogP contribution in [0.5, 0.6) is 0 Å². The summed E-state index contributed by atoms with van der Waals surface area (Å²) < 4.78 is 0. The fourth-order valence-electron chi connectivity index (χ4n) is 1.02. The second-order valence-corrected chi connectivity index (χ2v) is 2.32. The second kappa shape index (κ2) is 11.2. The molecule has 0 saturated carbocycles. The van der Waals surface area contributed by atoms with Crippen LogP contribution in [0.15, 0.2) is 36.0 Å². The minimum atomic E-state index is 0.611. The Bertz CT molecular complexity index is 170. The molecule has 1 aliphatic carbocycles. The van der Waals surface area contributed by atoms with Gasteiger partial charge in [0.25, 0.3) is 0 Å². The van der Waals surface area contributed by atoms with Crippen molar-refractivity contribution in [1.29, 1.82) is 0 Å². The molecule has 0 aromatic rings. The van der Waals surface area contributed by atoms with Crippen LogP contribution < -0.4 is 0 Å². The Kier molecular flexibility index (Phi) is 12.7. The number of hydrogen-bond acceptors (Lipinski definition) is 0. The lowest BCUT2D eigenvalue weighted by Gasteiger charge is -2.09. The van der Waals surface area contributed by atoms with Gasteiger partial charge in [-0.25, -0.2) is 0 Å². The fraction of sp³-hybridized carbons (Fsp3) is 0.538. The highest BCUT2D eigenvalue weighted by atomic mass is 14.1. The molecule has 13 heavy (non-hydrogen) atoms. The van der Waals surface area contributed by atoms with Crippen LogP contribution in [0.25, 0.3) is 0 Å². The Morgan fingerprint density at radius 2 is 1.62 bits per heavy atom. The number of rotatable bonds is 0. The van der Waals surface area contributed by atoms with E-state index in [2.05, 4.69) is 44.2 Å². The van der Waals surface area contributed by atoms with Gasteiger partial charge in [-0.15, -0.1) is 0 Å². The maximum absolute atomic E-state index is 2.20. The van der Waals surface area contributed by atoms with Crippen LogP contribution >= 0.6 is 0 Å². The van der Waals surface area contributed by atoms with E-state index in [1.807, 2.05) is 27.7 Å². The standard InChI is InChI=1S/C9H12.2C2H6/c1-3-9-7-5-4-6-8(9)2;2*1-2/h3-8H,1-2H3;2*1-2H3/b9-3-;;. The molecule has 1 aliphatic rings. The summed E-state index contributed by atoms with van der Waals surface area (Å²) in [5, 5.41) is 0. The lowest BCUT2D eigenvalue weighted by molar-refractivity contribution is 0.881. The summed E-state index contributed by atoms with van der Waals surface area (Å²) in [5.74, 6) is 0.611. The molecule has 1 unspecified atom stereocenters. The first-order chi connectivity index (χ1) is 6.34. The highest BCUT2D eigenvalue weighted by molar-refractivity contribution is 5.31. The molecular weight excluding hydrogens is 156 g/mol. The predicted octanol–water partition coefficient (Wildman–Crippen LogP) is 4.75. The summed E-state index contributed by atoms with van der Waals surface area (Å²) in [6.07, 6.45) is 10.7. The largest absolute Gasteiger partial charge is 0.0839 e. The van der Waals surface area contributed by atoms with Gasteiger partial charge in [0.1, 0.15) is 0 Å². The van der Waals surface area contributed by atoms with Gasteiger partial charge in [-0.2, -0.15) is 0 Å². The Morgan fingerprint density at radius 3 is 1.92 bits per heavy atom. The maximum Gasteiger partial charge on any atom is -0.00106 e. The van der Waals surface area contributed by atoms with Crippen molar-refractivity contribution in [3.05, 3.63) is 36.0 Å². The van der Waals surface area contributed by atoms with Crippen LogP contribution in [0, 0.1) is 5.92 Å². The highest BCUT2D eigenvalue weighted by Crippen LogP contribution is 2.16. The fourth-order valence-corrected chi connectivity index (χ4v) is 1.02. The van der Waals surface area contributed by atoms with E-state index < -0.39 is 0 Å². The number of hydrogen-bond donors (Lipinski definition) is 0. The molecule has 76 valence electrons. The van der Waals surface area contributed by atoms with Crippen LogP contribution in [-0.4, -0.2) is 0 Å². The van der Waals surface area contributed by atoms with Crippen molar-refractivity contribution in [2.45, 2.75) is 41.5 Å². The van der Waals surface area contributed by atoms with Crippen molar-refractivity contribution in [2.75, 3.05) is 0 Å². The van der Waals surface area contributed by atoms with Gasteiger partial charge < -0.3 is 0 Å². The summed E-state index contributed by atoms with van der Waals surface area (Å²) >= 11 is 0. The van der Waals surface area contributed by atoms with Crippen molar-refractivity contribution in [1.82, 2.24) is 0 Å². The highest BCUT2D eigenvalue weighted by Gasteiger charge is 2.01. The molecular formula is C13H24. The molecule has 0 nitrogen and oxygen atoms in total. The topological polar surface area (TPSA) is 0 Å². The van der Waals surface area contributed by atoms with Gasteiger partial charge in [-0.05, 0) is 18.4 Å². The molecule has 0 aliphatic heterocycles. The van der Waals surface area contributed by atoms with Gasteiger partial charge in [-0.3, -0.25) is 0 Å². The minimum absolute atomic E-state index is 0.611. The van der Waals surface area contributed by atoms with Gasteiger partial charge >= 0.3 is 0 Å². The van der Waals surface area contributed by atoms with Crippen molar-refractivity contribution in [3.8, 4) is 0 Å². The lowest BCUT2D eigenvalue weighted by Crippen LogP contribution is -1.94. The van der Waals surface area contributed by atoms with E-state index in [0.717, 1.165) is 0 Å². The van der Waals surface area contributed by atoms with E-state index in [9.17, 15) is 0 Å². The Hall–Kier alpha value is -0.780. The van der Waals surface area contributed by atoms with Gasteiger partial charge in [0, 0.05) is 0 Å². The maximum atomic E-state index is 2.20. The molecule has 0 amide bonds. The SMILES string of the molecule is C/C=C1/C=CC=CC1C.CC.CC. The third-order valence-corrected chi connectivity index (χ3v) is 1.66. The van der Waals surface area contributed by atoms with Gasteiger partial charge in [0.15, 0.2) is 0 Å². The average Bonchev–Trinajstić information content (AvgIpc) is 2.24. The van der Waals surface area contributed by atoms with Crippen LogP contribution in [0.4, 0.5) is 0 Å². The molecule has 0 N–H and O–H groups in total. The van der Waals surface area contributed by atoms with E-state index >= 15 is 0 Å². The summed E-state index contributed by atoms with van der Waals surface area (Å²) in [6.45, 7) is 12.3. The monoisotopic (exact) mass is 180 g/mol. The average molecular weight is 180 g/mol. The molecule has 0 fully saturated rings. The quantitative estimate of drug-likeness (QED) is 0.505. The van der Waals surface area contributed by atoms with Crippen LogP contribution in [0.1, 0.15) is 41.5 Å². The van der Waals surface area contributed by atoms with E-state index in [0.29, 0.717) is 5.92 Å². The summed E-state index contributed by atoms with van der Waals surface area (Å²) in [6, 6.07) is 0. The molecule has 0 heterocycles. The molecule has 0 saturated heterocycles. The van der Waals surface area contributed by atoms with Crippen LogP contribution in [0.2, 0.25) is 0 Å². The van der Waals surface area contributed by atoms with Gasteiger partial charge in [-0.1, -0.05) is 65.0 Å². The third-order valence-electron chi connectivity index (χ3n) is 1.66. The summed E-state index contributed by atoms with van der Waals surface area (Å²) in [4.78, 5) is 0. The van der Waals surface area contributed by atoms with Crippen LogP contribution in [0.3, 0.4) is 0 Å². The second-order valence-electron chi connectivity index (χ2n) is 2.32. The Morgan fingerprint density at radius 1 is 1.08 bits per heavy atom. The Balaban J connectivity index is 0. The van der Waals surface area contributed by atoms with E-state index in [1.165, 1.54) is 5.57 Å². The van der Waals surface area contributed by atoms with Crippen molar-refractivity contribution in [3.63, 3.8) is 0 Å². The predicted molar refractivity (Wildman–Crippen MR) is 63.9 cm³/mol. The normalized spacial score (nSPS) is 21.4. The molecule has 0 aromatic heterocycles. The molecule has 0 heteroatoms. The molecule has 0 bridgehead atoms. The molecule has 1 rings (SSSR count). The van der Waals surface area contributed by atoms with Crippen molar-refractivity contribution < 1.29 is 0 Å². The third kappa shape index (κ3) is 6.39. The smallest absolute Gasteiger partial charge is 0.00106 e. The minimum Gasteiger partial charge on any atom is -0.0839 e. The van der Waals surface area contributed by atoms with Crippen molar-refractivity contribution >= 4 is 0 Å². The molecule has 0 spiro atoms. The zero-order chi connectivity index (χ0) is 10.7. The Labute approximate surface area is 84.1 Å². The van der Waals surface area contributed by atoms with E-state index in [1.54, 1.807) is 0 Å². The first kappa shape index (κ1) is 14.7. The van der Waals surface area contributed by atoms with Gasteiger partial charge in [0.2, 0.25) is 0 Å². The summed E-state index contributed by atoms with van der Waals surface area (Å²) in [7, 11) is 0. The molecule has 0 aromatic carbocycles. The zero-order valence-corrected chi connectivity index (χ0v) is 9.96. The summed E-state index contributed by atoms with van der Waals surface area (Å²) in [5.41, 5.74) is 1.41. The number of allylic oxidation sites excluding steroid dienone is 6. The van der Waals surface area contributed by atoms with Crippen LogP contribution in [-0.2, 0) is 0 Å². The first-order valence-corrected chi connectivity index (χ1v) is 5.35.